The minimum Gasteiger partial charge on any atom is -0.322 e. The van der Waals surface area contributed by atoms with Gasteiger partial charge in [-0.05, 0) is 66.7 Å². The summed E-state index contributed by atoms with van der Waals surface area (Å²) in [5.74, 6) is -0.246. The zero-order valence-electron chi connectivity index (χ0n) is 13.9. The summed E-state index contributed by atoms with van der Waals surface area (Å²) in [6, 6.07) is 21.0. The molecule has 1 amide bonds. The Morgan fingerprint density at radius 1 is 0.963 bits per heavy atom. The van der Waals surface area contributed by atoms with Crippen molar-refractivity contribution in [3.63, 3.8) is 0 Å². The summed E-state index contributed by atoms with van der Waals surface area (Å²) in [6.07, 6.45) is 0. The van der Waals surface area contributed by atoms with Crippen molar-refractivity contribution >= 4 is 34.2 Å². The maximum absolute atomic E-state index is 12.3. The molecular weight excluding hydrogens is 362 g/mol. The molecule has 0 saturated heterocycles. The molecule has 0 bridgehead atoms. The Hall–Kier alpha value is -3.69. The van der Waals surface area contributed by atoms with Gasteiger partial charge in [-0.2, -0.15) is 10.1 Å². The molecule has 27 heavy (non-hydrogen) atoms. The van der Waals surface area contributed by atoms with Crippen molar-refractivity contribution in [2.75, 3.05) is 5.32 Å². The molecule has 1 N–H and O–H groups in total. The number of anilines is 1. The van der Waals surface area contributed by atoms with Crippen LogP contribution in [0.5, 0.6) is 0 Å². The molecule has 0 aliphatic carbocycles. The van der Waals surface area contributed by atoms with E-state index in [-0.39, 0.29) is 5.91 Å². The Balaban J connectivity index is 1.52. The van der Waals surface area contributed by atoms with E-state index in [0.717, 1.165) is 11.2 Å². The number of hydrogen-bond acceptors (Lipinski definition) is 4. The van der Waals surface area contributed by atoms with Gasteiger partial charge in [0.05, 0.1) is 17.3 Å². The molecule has 0 fully saturated rings. The fourth-order valence-corrected chi connectivity index (χ4v) is 2.75. The fraction of sp³-hybridized carbons (Fsp3) is 0. The van der Waals surface area contributed by atoms with E-state index in [1.165, 1.54) is 4.80 Å². The summed E-state index contributed by atoms with van der Waals surface area (Å²) in [6.45, 7) is 0. The van der Waals surface area contributed by atoms with E-state index in [2.05, 4.69) is 15.5 Å². The quantitative estimate of drug-likeness (QED) is 0.583. The van der Waals surface area contributed by atoms with Crippen LogP contribution in [0.15, 0.2) is 66.7 Å². The molecule has 7 heteroatoms. The molecule has 0 radical (unpaired) electrons. The highest BCUT2D eigenvalue weighted by Gasteiger charge is 2.08. The largest absolute Gasteiger partial charge is 0.322 e. The van der Waals surface area contributed by atoms with Gasteiger partial charge in [-0.15, -0.1) is 10.2 Å². The van der Waals surface area contributed by atoms with Gasteiger partial charge in [0.15, 0.2) is 0 Å². The summed E-state index contributed by atoms with van der Waals surface area (Å²) >= 11 is 5.98. The Kier molecular flexibility index (Phi) is 4.29. The molecule has 0 saturated carbocycles. The maximum Gasteiger partial charge on any atom is 0.255 e. The van der Waals surface area contributed by atoms with Crippen LogP contribution in [-0.4, -0.2) is 20.9 Å². The lowest BCUT2D eigenvalue weighted by atomic mass is 10.1. The number of aromatic nitrogens is 3. The molecule has 6 nitrogen and oxygen atoms in total. The third-order valence-corrected chi connectivity index (χ3v) is 4.21. The first-order valence-electron chi connectivity index (χ1n) is 8.07. The third-order valence-electron chi connectivity index (χ3n) is 3.97. The van der Waals surface area contributed by atoms with Crippen LogP contribution in [0.2, 0.25) is 5.02 Å². The van der Waals surface area contributed by atoms with Crippen LogP contribution in [0.3, 0.4) is 0 Å². The second-order valence-electron chi connectivity index (χ2n) is 5.81. The van der Waals surface area contributed by atoms with Gasteiger partial charge in [-0.3, -0.25) is 4.79 Å². The average Bonchev–Trinajstić information content (AvgIpc) is 3.11. The summed E-state index contributed by atoms with van der Waals surface area (Å²) < 4.78 is 0. The highest BCUT2D eigenvalue weighted by Crippen LogP contribution is 2.18. The van der Waals surface area contributed by atoms with E-state index in [9.17, 15) is 4.79 Å². The number of rotatable bonds is 3. The summed E-state index contributed by atoms with van der Waals surface area (Å²) in [5.41, 5.74) is 3.86. The Morgan fingerprint density at radius 3 is 2.37 bits per heavy atom. The van der Waals surface area contributed by atoms with Crippen LogP contribution in [0, 0.1) is 11.3 Å². The Labute approximate surface area is 159 Å². The van der Waals surface area contributed by atoms with Crippen LogP contribution >= 0.6 is 11.6 Å². The molecular formula is C20H12ClN5O. The Morgan fingerprint density at radius 2 is 1.67 bits per heavy atom. The topological polar surface area (TPSA) is 83.6 Å². The molecule has 0 aliphatic rings. The van der Waals surface area contributed by atoms with Crippen molar-refractivity contribution in [2.45, 2.75) is 0 Å². The monoisotopic (exact) mass is 373 g/mol. The first kappa shape index (κ1) is 16.8. The standard InChI is InChI=1S/C20H12ClN5O/c21-15-5-10-18-19(11-15)25-26(24-18)17-8-6-16(7-9-17)23-20(27)14-3-1-13(12-22)2-4-14/h1-11H,(H,23,27). The second kappa shape index (κ2) is 6.90. The van der Waals surface area contributed by atoms with E-state index in [1.807, 2.05) is 24.3 Å². The molecule has 0 spiro atoms. The lowest BCUT2D eigenvalue weighted by Crippen LogP contribution is -2.11. The number of hydrogen-bond donors (Lipinski definition) is 1. The van der Waals surface area contributed by atoms with E-state index in [0.29, 0.717) is 27.4 Å². The second-order valence-corrected chi connectivity index (χ2v) is 6.25. The Bertz CT molecular complexity index is 1170. The predicted molar refractivity (Wildman–Crippen MR) is 103 cm³/mol. The number of carbonyl (C=O) groups is 1. The smallest absolute Gasteiger partial charge is 0.255 e. The zero-order valence-corrected chi connectivity index (χ0v) is 14.7. The van der Waals surface area contributed by atoms with E-state index in [4.69, 9.17) is 16.9 Å². The van der Waals surface area contributed by atoms with Crippen LogP contribution < -0.4 is 5.32 Å². The highest BCUT2D eigenvalue weighted by atomic mass is 35.5. The fourth-order valence-electron chi connectivity index (χ4n) is 2.58. The van der Waals surface area contributed by atoms with Gasteiger partial charge >= 0.3 is 0 Å². The van der Waals surface area contributed by atoms with E-state index < -0.39 is 0 Å². The van der Waals surface area contributed by atoms with E-state index >= 15 is 0 Å². The van der Waals surface area contributed by atoms with Gasteiger partial charge in [0, 0.05) is 16.3 Å². The number of benzene rings is 3. The molecule has 3 aromatic carbocycles. The first-order chi connectivity index (χ1) is 13.1. The molecule has 4 aromatic rings. The van der Waals surface area contributed by atoms with Crippen LogP contribution in [-0.2, 0) is 0 Å². The minimum absolute atomic E-state index is 0.246. The predicted octanol–water partition coefficient (Wildman–Crippen LogP) is 4.20. The van der Waals surface area contributed by atoms with E-state index in [1.54, 1.807) is 48.5 Å². The van der Waals surface area contributed by atoms with Crippen molar-refractivity contribution in [1.82, 2.24) is 15.0 Å². The molecule has 0 aliphatic heterocycles. The molecule has 0 atom stereocenters. The number of halogens is 1. The van der Waals surface area contributed by atoms with Crippen molar-refractivity contribution in [1.29, 1.82) is 5.26 Å². The van der Waals surface area contributed by atoms with Gasteiger partial charge < -0.3 is 5.32 Å². The number of nitriles is 1. The lowest BCUT2D eigenvalue weighted by Gasteiger charge is -2.06. The van der Waals surface area contributed by atoms with Crippen LogP contribution in [0.25, 0.3) is 16.7 Å². The zero-order chi connectivity index (χ0) is 18.8. The third kappa shape index (κ3) is 3.50. The van der Waals surface area contributed by atoms with Gasteiger partial charge in [0.1, 0.15) is 11.0 Å². The van der Waals surface area contributed by atoms with Crippen LogP contribution in [0.1, 0.15) is 15.9 Å². The van der Waals surface area contributed by atoms with Crippen molar-refractivity contribution in [2.24, 2.45) is 0 Å². The summed E-state index contributed by atoms with van der Waals surface area (Å²) in [4.78, 5) is 13.8. The number of amides is 1. The SMILES string of the molecule is N#Cc1ccc(C(=O)Nc2ccc(-n3nc4ccc(Cl)cc4n3)cc2)cc1. The van der Waals surface area contributed by atoms with Crippen molar-refractivity contribution < 1.29 is 4.79 Å². The summed E-state index contributed by atoms with van der Waals surface area (Å²) in [7, 11) is 0. The van der Waals surface area contributed by atoms with Crippen LogP contribution in [0.4, 0.5) is 5.69 Å². The molecule has 1 heterocycles. The number of carbonyl (C=O) groups excluding carboxylic acids is 1. The maximum atomic E-state index is 12.3. The van der Waals surface area contributed by atoms with Gasteiger partial charge in [0.25, 0.3) is 5.91 Å². The van der Waals surface area contributed by atoms with Crippen molar-refractivity contribution in [3.8, 4) is 11.8 Å². The molecule has 1 aromatic heterocycles. The normalized spacial score (nSPS) is 10.5. The van der Waals surface area contributed by atoms with Gasteiger partial charge in [0.2, 0.25) is 0 Å². The summed E-state index contributed by atoms with van der Waals surface area (Å²) in [5, 5.41) is 21.1. The van der Waals surface area contributed by atoms with Gasteiger partial charge in [-0.25, -0.2) is 0 Å². The van der Waals surface area contributed by atoms with Crippen molar-refractivity contribution in [3.05, 3.63) is 82.9 Å². The number of nitrogens with zero attached hydrogens (tertiary/aromatic N) is 4. The highest BCUT2D eigenvalue weighted by molar-refractivity contribution is 6.31. The number of nitrogens with one attached hydrogen (secondary N) is 1. The number of fused-ring (bicyclic) bond motifs is 1. The van der Waals surface area contributed by atoms with Gasteiger partial charge in [-0.1, -0.05) is 11.6 Å². The average molecular weight is 374 g/mol. The molecule has 0 unspecified atom stereocenters. The molecule has 4 rings (SSSR count). The first-order valence-corrected chi connectivity index (χ1v) is 8.45. The molecule has 130 valence electrons. The minimum atomic E-state index is -0.246. The lowest BCUT2D eigenvalue weighted by molar-refractivity contribution is 0.102.